The molecule has 3 rings (SSSR count). The lowest BCUT2D eigenvalue weighted by Gasteiger charge is -2.36. The summed E-state index contributed by atoms with van der Waals surface area (Å²) >= 11 is 0. The van der Waals surface area contributed by atoms with Crippen molar-refractivity contribution < 1.29 is 4.79 Å². The fourth-order valence-corrected chi connectivity index (χ4v) is 3.67. The molecule has 5 heteroatoms. The number of aromatic amines is 1. The fraction of sp³-hybridized carbons (Fsp3) is 0.550. The highest BCUT2D eigenvalue weighted by atomic mass is 16.1. The summed E-state index contributed by atoms with van der Waals surface area (Å²) in [4.78, 5) is 17.0. The van der Waals surface area contributed by atoms with Crippen LogP contribution in [0.15, 0.2) is 24.3 Å². The molecule has 0 aliphatic heterocycles. The molecule has 5 nitrogen and oxygen atoms in total. The summed E-state index contributed by atoms with van der Waals surface area (Å²) in [6.45, 7) is 8.77. The number of amides is 1. The van der Waals surface area contributed by atoms with E-state index in [1.807, 2.05) is 31.2 Å². The van der Waals surface area contributed by atoms with Crippen molar-refractivity contribution >= 4 is 11.6 Å². The number of nitrogens with one attached hydrogen (secondary N) is 2. The number of hydrogen-bond donors (Lipinski definition) is 2. The van der Waals surface area contributed by atoms with Gasteiger partial charge < -0.3 is 5.32 Å². The summed E-state index contributed by atoms with van der Waals surface area (Å²) in [7, 11) is 0. The van der Waals surface area contributed by atoms with Gasteiger partial charge in [0.25, 0.3) is 0 Å². The van der Waals surface area contributed by atoms with Crippen LogP contribution in [0.1, 0.15) is 52.3 Å². The van der Waals surface area contributed by atoms with E-state index < -0.39 is 0 Å². The Labute approximate surface area is 149 Å². The van der Waals surface area contributed by atoms with Gasteiger partial charge in [-0.15, -0.1) is 0 Å². The third kappa shape index (κ3) is 4.27. The number of carbonyl (C=O) groups is 1. The molecule has 1 aromatic heterocycles. The number of H-pyrrole nitrogens is 1. The quantitative estimate of drug-likeness (QED) is 0.859. The van der Waals surface area contributed by atoms with E-state index in [-0.39, 0.29) is 11.8 Å². The standard InChI is InChI=1S/C20H28N4O/c1-13-21-18(24-23-13)15-6-5-7-17(12-15)22-19(25)14-8-10-16(11-9-14)20(2,3)4/h5-7,12,14,16H,8-11H2,1-4H3,(H,22,25)(H,21,23,24). The first-order valence-corrected chi connectivity index (χ1v) is 9.13. The number of carbonyl (C=O) groups excluding carboxylic acids is 1. The molecule has 0 atom stereocenters. The molecule has 0 bridgehead atoms. The van der Waals surface area contributed by atoms with Gasteiger partial charge in [0, 0.05) is 17.2 Å². The summed E-state index contributed by atoms with van der Waals surface area (Å²) in [6, 6.07) is 7.73. The van der Waals surface area contributed by atoms with E-state index in [0.29, 0.717) is 17.2 Å². The number of aromatic nitrogens is 3. The molecule has 1 heterocycles. The van der Waals surface area contributed by atoms with E-state index in [2.05, 4.69) is 41.3 Å². The van der Waals surface area contributed by atoms with Crippen molar-refractivity contribution in [2.24, 2.45) is 17.3 Å². The predicted octanol–water partition coefficient (Wildman–Crippen LogP) is 4.57. The highest BCUT2D eigenvalue weighted by Crippen LogP contribution is 2.40. The summed E-state index contributed by atoms with van der Waals surface area (Å²) in [6.07, 6.45) is 4.23. The van der Waals surface area contributed by atoms with Crippen molar-refractivity contribution in [2.45, 2.75) is 53.4 Å². The first-order valence-electron chi connectivity index (χ1n) is 9.13. The molecule has 2 N–H and O–H groups in total. The molecule has 1 aromatic carbocycles. The lowest BCUT2D eigenvalue weighted by molar-refractivity contribution is -0.121. The highest BCUT2D eigenvalue weighted by molar-refractivity contribution is 5.93. The highest BCUT2D eigenvalue weighted by Gasteiger charge is 2.32. The normalized spacial score (nSPS) is 21.1. The Hall–Kier alpha value is -2.17. The summed E-state index contributed by atoms with van der Waals surface area (Å²) in [5, 5.41) is 10.1. The molecule has 0 spiro atoms. The zero-order valence-corrected chi connectivity index (χ0v) is 15.6. The van der Waals surface area contributed by atoms with Gasteiger partial charge in [0.1, 0.15) is 5.82 Å². The Bertz CT molecular complexity index is 736. The van der Waals surface area contributed by atoms with Gasteiger partial charge in [-0.3, -0.25) is 9.89 Å². The van der Waals surface area contributed by atoms with Crippen LogP contribution in [0.2, 0.25) is 0 Å². The van der Waals surface area contributed by atoms with Gasteiger partial charge in [-0.2, -0.15) is 5.10 Å². The second-order valence-electron chi connectivity index (χ2n) is 8.23. The first-order chi connectivity index (χ1) is 11.8. The number of rotatable bonds is 3. The van der Waals surface area contributed by atoms with Crippen LogP contribution in [-0.4, -0.2) is 21.1 Å². The molecule has 1 aliphatic carbocycles. The van der Waals surface area contributed by atoms with Gasteiger partial charge in [-0.25, -0.2) is 4.98 Å². The van der Waals surface area contributed by atoms with E-state index in [9.17, 15) is 4.79 Å². The predicted molar refractivity (Wildman–Crippen MR) is 100 cm³/mol. The van der Waals surface area contributed by atoms with Gasteiger partial charge >= 0.3 is 0 Å². The molecular formula is C20H28N4O. The maximum Gasteiger partial charge on any atom is 0.227 e. The number of nitrogens with zero attached hydrogens (tertiary/aromatic N) is 2. The molecular weight excluding hydrogens is 312 g/mol. The third-order valence-corrected chi connectivity index (χ3v) is 5.31. The molecule has 1 saturated carbocycles. The summed E-state index contributed by atoms with van der Waals surface area (Å²) in [5.41, 5.74) is 2.05. The topological polar surface area (TPSA) is 70.7 Å². The lowest BCUT2D eigenvalue weighted by Crippen LogP contribution is -2.31. The zero-order chi connectivity index (χ0) is 18.0. The average molecular weight is 340 g/mol. The molecule has 1 aliphatic rings. The Morgan fingerprint density at radius 3 is 2.52 bits per heavy atom. The van der Waals surface area contributed by atoms with Gasteiger partial charge in [-0.05, 0) is 56.1 Å². The molecule has 0 saturated heterocycles. The van der Waals surface area contributed by atoms with Crippen molar-refractivity contribution in [3.8, 4) is 11.4 Å². The van der Waals surface area contributed by atoms with E-state index in [4.69, 9.17) is 0 Å². The van der Waals surface area contributed by atoms with Crippen LogP contribution in [0.3, 0.4) is 0 Å². The fourth-order valence-electron chi connectivity index (χ4n) is 3.67. The smallest absolute Gasteiger partial charge is 0.227 e. The SMILES string of the molecule is Cc1nc(-c2cccc(NC(=O)C3CCC(C(C)(C)C)CC3)c2)n[nH]1. The number of aryl methyl sites for hydroxylation is 1. The van der Waals surface area contributed by atoms with Crippen LogP contribution in [0, 0.1) is 24.2 Å². The molecule has 25 heavy (non-hydrogen) atoms. The van der Waals surface area contributed by atoms with Gasteiger partial charge in [0.15, 0.2) is 5.82 Å². The van der Waals surface area contributed by atoms with E-state index in [1.54, 1.807) is 0 Å². The van der Waals surface area contributed by atoms with Crippen molar-refractivity contribution in [2.75, 3.05) is 5.32 Å². The van der Waals surface area contributed by atoms with Crippen LogP contribution in [0.5, 0.6) is 0 Å². The van der Waals surface area contributed by atoms with Crippen molar-refractivity contribution in [3.63, 3.8) is 0 Å². The second-order valence-corrected chi connectivity index (χ2v) is 8.23. The van der Waals surface area contributed by atoms with Crippen LogP contribution >= 0.6 is 0 Å². The van der Waals surface area contributed by atoms with E-state index in [1.165, 1.54) is 0 Å². The molecule has 134 valence electrons. The Morgan fingerprint density at radius 1 is 1.20 bits per heavy atom. The number of hydrogen-bond acceptors (Lipinski definition) is 3. The number of anilines is 1. The molecule has 0 radical (unpaired) electrons. The minimum Gasteiger partial charge on any atom is -0.326 e. The largest absolute Gasteiger partial charge is 0.326 e. The van der Waals surface area contributed by atoms with Gasteiger partial charge in [0.2, 0.25) is 5.91 Å². The van der Waals surface area contributed by atoms with Gasteiger partial charge in [-0.1, -0.05) is 32.9 Å². The minimum absolute atomic E-state index is 0.119. The maximum atomic E-state index is 12.6. The van der Waals surface area contributed by atoms with Crippen molar-refractivity contribution in [1.82, 2.24) is 15.2 Å². The van der Waals surface area contributed by atoms with Gasteiger partial charge in [0.05, 0.1) is 0 Å². The summed E-state index contributed by atoms with van der Waals surface area (Å²) < 4.78 is 0. The number of benzene rings is 1. The van der Waals surface area contributed by atoms with Crippen LogP contribution < -0.4 is 5.32 Å². The second kappa shape index (κ2) is 6.98. The van der Waals surface area contributed by atoms with E-state index >= 15 is 0 Å². The molecule has 1 fully saturated rings. The monoisotopic (exact) mass is 340 g/mol. The lowest BCUT2D eigenvalue weighted by atomic mass is 9.69. The van der Waals surface area contributed by atoms with Crippen molar-refractivity contribution in [1.29, 1.82) is 0 Å². The average Bonchev–Trinajstić information content (AvgIpc) is 3.01. The zero-order valence-electron chi connectivity index (χ0n) is 15.6. The molecule has 2 aromatic rings. The minimum atomic E-state index is 0.119. The van der Waals surface area contributed by atoms with Crippen LogP contribution in [0.25, 0.3) is 11.4 Å². The molecule has 0 unspecified atom stereocenters. The Morgan fingerprint density at radius 2 is 1.92 bits per heavy atom. The molecule has 1 amide bonds. The maximum absolute atomic E-state index is 12.6. The summed E-state index contributed by atoms with van der Waals surface area (Å²) in [5.74, 6) is 2.40. The Kier molecular flexibility index (Phi) is 4.93. The van der Waals surface area contributed by atoms with Crippen LogP contribution in [-0.2, 0) is 4.79 Å². The Balaban J connectivity index is 1.62. The third-order valence-electron chi connectivity index (χ3n) is 5.31. The van der Waals surface area contributed by atoms with Crippen LogP contribution in [0.4, 0.5) is 5.69 Å². The van der Waals surface area contributed by atoms with E-state index in [0.717, 1.165) is 42.8 Å². The first kappa shape index (κ1) is 17.6. The van der Waals surface area contributed by atoms with Crippen molar-refractivity contribution in [3.05, 3.63) is 30.1 Å².